The van der Waals surface area contributed by atoms with E-state index < -0.39 is 5.91 Å². The van der Waals surface area contributed by atoms with Gasteiger partial charge >= 0.3 is 0 Å². The summed E-state index contributed by atoms with van der Waals surface area (Å²) >= 11 is 0. The van der Waals surface area contributed by atoms with Crippen LogP contribution in [0.25, 0.3) is 0 Å². The van der Waals surface area contributed by atoms with Crippen LogP contribution in [0, 0.1) is 5.92 Å². The molecule has 1 unspecified atom stereocenters. The third kappa shape index (κ3) is 3.11. The molecule has 1 aliphatic carbocycles. The number of methoxy groups -OCH3 is 1. The van der Waals surface area contributed by atoms with E-state index in [1.54, 1.807) is 25.4 Å². The van der Waals surface area contributed by atoms with Gasteiger partial charge in [0.1, 0.15) is 5.75 Å². The van der Waals surface area contributed by atoms with E-state index in [-0.39, 0.29) is 5.41 Å². The molecule has 2 heterocycles. The fourth-order valence-corrected chi connectivity index (χ4v) is 4.85. The Morgan fingerprint density at radius 3 is 2.93 bits per heavy atom. The number of fused-ring (bicyclic) bond motifs is 4. The van der Waals surface area contributed by atoms with Crippen molar-refractivity contribution in [2.24, 2.45) is 11.7 Å². The van der Waals surface area contributed by atoms with E-state index in [1.807, 2.05) is 6.07 Å². The molecular formula is C22H27N3O3. The van der Waals surface area contributed by atoms with Crippen molar-refractivity contribution in [1.29, 1.82) is 0 Å². The lowest BCUT2D eigenvalue weighted by Gasteiger charge is -2.54. The SMILES string of the molecule is COc1ccc2c(c1)[C@@]1(C)CCN(C)C(C2)[C@@H]1COc1cc(C(N)=O)ccn1. The van der Waals surface area contributed by atoms with Crippen molar-refractivity contribution >= 4 is 5.91 Å². The highest BCUT2D eigenvalue weighted by Crippen LogP contribution is 2.49. The van der Waals surface area contributed by atoms with E-state index in [0.29, 0.717) is 30.0 Å². The number of nitrogens with zero attached hydrogens (tertiary/aromatic N) is 2. The molecule has 1 aromatic heterocycles. The Balaban J connectivity index is 1.64. The fraction of sp³-hybridized carbons (Fsp3) is 0.455. The molecule has 4 rings (SSSR count). The summed E-state index contributed by atoms with van der Waals surface area (Å²) in [6.07, 6.45) is 3.61. The Morgan fingerprint density at radius 1 is 1.36 bits per heavy atom. The number of aromatic nitrogens is 1. The zero-order valence-electron chi connectivity index (χ0n) is 16.6. The van der Waals surface area contributed by atoms with Gasteiger partial charge in [-0.15, -0.1) is 0 Å². The van der Waals surface area contributed by atoms with Crippen molar-refractivity contribution in [2.45, 2.75) is 31.2 Å². The smallest absolute Gasteiger partial charge is 0.248 e. The predicted molar refractivity (Wildman–Crippen MR) is 107 cm³/mol. The molecule has 28 heavy (non-hydrogen) atoms. The van der Waals surface area contributed by atoms with E-state index in [4.69, 9.17) is 15.2 Å². The van der Waals surface area contributed by atoms with Gasteiger partial charge in [0, 0.05) is 35.2 Å². The molecule has 1 aliphatic heterocycles. The predicted octanol–water partition coefficient (Wildman–Crippen LogP) is 2.40. The van der Waals surface area contributed by atoms with Crippen LogP contribution in [0.1, 0.15) is 34.8 Å². The van der Waals surface area contributed by atoms with Gasteiger partial charge in [-0.1, -0.05) is 13.0 Å². The quantitative estimate of drug-likeness (QED) is 0.861. The number of primary amides is 1. The Labute approximate surface area is 165 Å². The van der Waals surface area contributed by atoms with Gasteiger partial charge in [-0.2, -0.15) is 0 Å². The highest BCUT2D eigenvalue weighted by atomic mass is 16.5. The first-order valence-electron chi connectivity index (χ1n) is 9.68. The van der Waals surface area contributed by atoms with Crippen LogP contribution < -0.4 is 15.2 Å². The standard InChI is InChI=1S/C22H27N3O3/c1-22-7-9-25(2)19(10-14-4-5-16(27-3)12-17(14)22)18(22)13-28-20-11-15(21(23)26)6-8-24-20/h4-6,8,11-12,18-19H,7,9-10,13H2,1-3H3,(H2,23,26)/t18-,19?,22+/m0/s1. The second kappa shape index (κ2) is 7.09. The van der Waals surface area contributed by atoms with Gasteiger partial charge in [0.15, 0.2) is 0 Å². The average molecular weight is 381 g/mol. The molecule has 148 valence electrons. The van der Waals surface area contributed by atoms with Crippen molar-refractivity contribution in [2.75, 3.05) is 27.3 Å². The molecular weight excluding hydrogens is 354 g/mol. The number of rotatable bonds is 5. The number of carbonyl (C=O) groups excluding carboxylic acids is 1. The molecule has 3 atom stereocenters. The van der Waals surface area contributed by atoms with Gasteiger partial charge < -0.3 is 20.1 Å². The number of amides is 1. The number of benzene rings is 1. The van der Waals surface area contributed by atoms with Crippen molar-refractivity contribution in [3.63, 3.8) is 0 Å². The Hall–Kier alpha value is -2.60. The van der Waals surface area contributed by atoms with E-state index >= 15 is 0 Å². The van der Waals surface area contributed by atoms with Gasteiger partial charge in [0.2, 0.25) is 11.8 Å². The van der Waals surface area contributed by atoms with Crippen LogP contribution >= 0.6 is 0 Å². The van der Waals surface area contributed by atoms with Gasteiger partial charge in [-0.05, 0) is 55.8 Å². The van der Waals surface area contributed by atoms with Crippen LogP contribution in [-0.4, -0.2) is 49.1 Å². The monoisotopic (exact) mass is 381 g/mol. The molecule has 0 radical (unpaired) electrons. The third-order valence-corrected chi connectivity index (χ3v) is 6.62. The average Bonchev–Trinajstić information content (AvgIpc) is 2.70. The molecule has 2 aliphatic rings. The minimum Gasteiger partial charge on any atom is -0.497 e. The topological polar surface area (TPSA) is 77.7 Å². The Morgan fingerprint density at radius 2 is 2.18 bits per heavy atom. The van der Waals surface area contributed by atoms with Crippen molar-refractivity contribution in [1.82, 2.24) is 9.88 Å². The Kier molecular flexibility index (Phi) is 4.75. The number of hydrogen-bond acceptors (Lipinski definition) is 5. The lowest BCUT2D eigenvalue weighted by atomic mass is 9.58. The number of piperidine rings is 1. The lowest BCUT2D eigenvalue weighted by molar-refractivity contribution is 0.0109. The maximum Gasteiger partial charge on any atom is 0.248 e. The van der Waals surface area contributed by atoms with E-state index in [0.717, 1.165) is 25.1 Å². The molecule has 2 aromatic rings. The number of hydrogen-bond donors (Lipinski definition) is 1. The summed E-state index contributed by atoms with van der Waals surface area (Å²) in [5, 5.41) is 0. The first kappa shape index (κ1) is 18.7. The molecule has 1 fully saturated rings. The van der Waals surface area contributed by atoms with Gasteiger partial charge in [0.05, 0.1) is 13.7 Å². The van der Waals surface area contributed by atoms with Crippen LogP contribution in [0.2, 0.25) is 0 Å². The largest absolute Gasteiger partial charge is 0.497 e. The number of nitrogens with two attached hydrogens (primary N) is 1. The van der Waals surface area contributed by atoms with Crippen molar-refractivity contribution in [3.05, 3.63) is 53.2 Å². The first-order chi connectivity index (χ1) is 13.4. The van der Waals surface area contributed by atoms with E-state index in [2.05, 4.69) is 36.0 Å². The number of likely N-dealkylation sites (tertiary alicyclic amines) is 1. The second-order valence-corrected chi connectivity index (χ2v) is 8.11. The summed E-state index contributed by atoms with van der Waals surface area (Å²) < 4.78 is 11.6. The van der Waals surface area contributed by atoms with Crippen molar-refractivity contribution < 1.29 is 14.3 Å². The second-order valence-electron chi connectivity index (χ2n) is 8.11. The molecule has 1 saturated heterocycles. The summed E-state index contributed by atoms with van der Waals surface area (Å²) in [5.41, 5.74) is 8.54. The fourth-order valence-electron chi connectivity index (χ4n) is 4.85. The molecule has 1 amide bonds. The maximum absolute atomic E-state index is 11.4. The van der Waals surface area contributed by atoms with Crippen molar-refractivity contribution in [3.8, 4) is 11.6 Å². The maximum atomic E-state index is 11.4. The van der Waals surface area contributed by atoms with Gasteiger partial charge in [0.25, 0.3) is 0 Å². The van der Waals surface area contributed by atoms with E-state index in [9.17, 15) is 4.79 Å². The molecule has 0 saturated carbocycles. The Bertz CT molecular complexity index is 900. The molecule has 2 bridgehead atoms. The summed E-state index contributed by atoms with van der Waals surface area (Å²) in [6.45, 7) is 3.94. The zero-order valence-corrected chi connectivity index (χ0v) is 16.6. The van der Waals surface area contributed by atoms with Crippen LogP contribution in [0.4, 0.5) is 0 Å². The van der Waals surface area contributed by atoms with Crippen LogP contribution in [-0.2, 0) is 11.8 Å². The summed E-state index contributed by atoms with van der Waals surface area (Å²) in [4.78, 5) is 18.1. The molecule has 2 N–H and O–H groups in total. The highest BCUT2D eigenvalue weighted by molar-refractivity contribution is 5.92. The van der Waals surface area contributed by atoms with Crippen LogP contribution in [0.15, 0.2) is 36.5 Å². The molecule has 0 spiro atoms. The normalized spacial score (nSPS) is 26.4. The number of carbonyl (C=O) groups is 1. The van der Waals surface area contributed by atoms with E-state index in [1.165, 1.54) is 11.1 Å². The molecule has 1 aromatic carbocycles. The summed E-state index contributed by atoms with van der Waals surface area (Å²) in [6, 6.07) is 10.1. The zero-order chi connectivity index (χ0) is 19.9. The molecule has 6 heteroatoms. The minimum absolute atomic E-state index is 0.000592. The third-order valence-electron chi connectivity index (χ3n) is 6.62. The summed E-state index contributed by atoms with van der Waals surface area (Å²) in [5.74, 6) is 1.17. The number of likely N-dealkylation sites (N-methyl/N-ethyl adjacent to an activating group) is 1. The minimum atomic E-state index is -0.477. The van der Waals surface area contributed by atoms with Crippen LogP contribution in [0.3, 0.4) is 0 Å². The van der Waals surface area contributed by atoms with Gasteiger partial charge in [-0.25, -0.2) is 4.98 Å². The molecule has 6 nitrogen and oxygen atoms in total. The first-order valence-corrected chi connectivity index (χ1v) is 9.68. The highest BCUT2D eigenvalue weighted by Gasteiger charge is 2.50. The summed E-state index contributed by atoms with van der Waals surface area (Å²) in [7, 11) is 3.90. The lowest BCUT2D eigenvalue weighted by Crippen LogP contribution is -2.59. The van der Waals surface area contributed by atoms with Gasteiger partial charge in [-0.3, -0.25) is 4.79 Å². The van der Waals surface area contributed by atoms with Crippen LogP contribution in [0.5, 0.6) is 11.6 Å². The number of ether oxygens (including phenoxy) is 2. The number of pyridine rings is 1.